The number of ether oxygens (including phenoxy) is 5. The van der Waals surface area contributed by atoms with Gasteiger partial charge in [0.2, 0.25) is 12.1 Å². The van der Waals surface area contributed by atoms with Crippen LogP contribution in [0.2, 0.25) is 0 Å². The Kier molecular flexibility index (Phi) is 15.9. The zero-order valence-corrected chi connectivity index (χ0v) is 37.9. The number of aliphatic hydroxyl groups excluding tert-OH is 2. The van der Waals surface area contributed by atoms with Crippen LogP contribution in [0.4, 0.5) is 9.18 Å². The quantitative estimate of drug-likeness (QED) is 0.0506. The number of benzene rings is 4. The second kappa shape index (κ2) is 22.3. The molecule has 350 valence electrons. The molecular formula is C54H63FN2O9. The summed E-state index contributed by atoms with van der Waals surface area (Å²) in [6.45, 7) is 6.83. The molecule has 2 aliphatic heterocycles. The van der Waals surface area contributed by atoms with Gasteiger partial charge in [-0.1, -0.05) is 84.7 Å². The van der Waals surface area contributed by atoms with E-state index in [1.165, 1.54) is 12.1 Å². The third-order valence-corrected chi connectivity index (χ3v) is 13.4. The fourth-order valence-electron chi connectivity index (χ4n) is 10.4. The van der Waals surface area contributed by atoms with E-state index < -0.39 is 30.1 Å². The van der Waals surface area contributed by atoms with Crippen molar-refractivity contribution in [2.75, 3.05) is 33.0 Å². The highest BCUT2D eigenvalue weighted by Gasteiger charge is 2.65. The van der Waals surface area contributed by atoms with E-state index in [0.717, 1.165) is 60.8 Å². The third-order valence-electron chi connectivity index (χ3n) is 13.4. The van der Waals surface area contributed by atoms with Crippen LogP contribution >= 0.6 is 0 Å². The lowest BCUT2D eigenvalue weighted by atomic mass is 9.55. The minimum atomic E-state index is -1.51. The van der Waals surface area contributed by atoms with Crippen LogP contribution in [0.1, 0.15) is 88.2 Å². The summed E-state index contributed by atoms with van der Waals surface area (Å²) < 4.78 is 47.3. The first kappa shape index (κ1) is 47.0. The normalized spacial score (nSPS) is 24.8. The van der Waals surface area contributed by atoms with Crippen molar-refractivity contribution >= 4 is 11.8 Å². The Labute approximate surface area is 387 Å². The molecule has 8 rings (SSSR count). The van der Waals surface area contributed by atoms with E-state index >= 15 is 0 Å². The van der Waals surface area contributed by atoms with Crippen molar-refractivity contribution in [2.24, 2.45) is 22.9 Å². The molecular weight excluding hydrogens is 840 g/mol. The molecule has 1 saturated carbocycles. The van der Waals surface area contributed by atoms with Gasteiger partial charge in [0.25, 0.3) is 0 Å². The lowest BCUT2D eigenvalue weighted by Crippen LogP contribution is -2.70. The second-order valence-corrected chi connectivity index (χ2v) is 17.6. The molecule has 2 heterocycles. The molecule has 7 atom stereocenters. The average Bonchev–Trinajstić information content (AvgIpc) is 3.34. The van der Waals surface area contributed by atoms with Crippen molar-refractivity contribution in [3.63, 3.8) is 0 Å². The SMILES string of the molecule is C=CCOC12Oc3ccc(Oc4ccc(-c5ccccc5)cc4)cc3C3C(CCCCO)C(CCCCO)C=C(C(=NOC4CCCCO4)CC1N(Cc1ccc(F)cc1)C(=O)OCC)C32. The minimum Gasteiger partial charge on any atom is -0.459 e. The third kappa shape index (κ3) is 10.5. The van der Waals surface area contributed by atoms with Gasteiger partial charge in [0.1, 0.15) is 29.1 Å². The minimum absolute atomic E-state index is 0.00879. The molecule has 1 saturated heterocycles. The fourth-order valence-corrected chi connectivity index (χ4v) is 10.4. The maximum Gasteiger partial charge on any atom is 0.410 e. The number of nitrogens with zero attached hydrogens (tertiary/aromatic N) is 2. The predicted molar refractivity (Wildman–Crippen MR) is 251 cm³/mol. The van der Waals surface area contributed by atoms with E-state index in [2.05, 4.69) is 43.0 Å². The number of hydrogen-bond acceptors (Lipinski definition) is 10. The van der Waals surface area contributed by atoms with Crippen LogP contribution in [-0.2, 0) is 25.6 Å². The highest BCUT2D eigenvalue weighted by molar-refractivity contribution is 6.03. The second-order valence-electron chi connectivity index (χ2n) is 17.6. The van der Waals surface area contributed by atoms with Crippen molar-refractivity contribution in [2.45, 2.75) is 102 Å². The van der Waals surface area contributed by atoms with E-state index in [1.807, 2.05) is 42.5 Å². The molecule has 1 amide bonds. The van der Waals surface area contributed by atoms with Crippen LogP contribution in [-0.4, -0.2) is 78.1 Å². The number of allylic oxidation sites excluding steroid dienone is 1. The molecule has 2 N–H and O–H groups in total. The number of carbonyl (C=O) groups excluding carboxylic acids is 1. The van der Waals surface area contributed by atoms with E-state index in [-0.39, 0.29) is 63.0 Å². The number of fused-ring (bicyclic) bond motifs is 2. The maximum atomic E-state index is 14.5. The van der Waals surface area contributed by atoms with Gasteiger partial charge in [0.05, 0.1) is 31.5 Å². The van der Waals surface area contributed by atoms with E-state index in [1.54, 1.807) is 30.0 Å². The standard InChI is InChI=1S/C54H63FN2O9/c1-3-31-63-54-49(57(53(60)61-4-2)36-37-19-23-41(55)24-20-37)35-47(56-66-50-18-10-13-32-62-50)45-33-40(16-8-11-29-58)44(17-9-12-30-59)51(52(45)54)46-34-43(27-28-48(46)65-54)64-42-25-21-39(22-26-42)38-14-6-5-7-15-38/h3,5-7,14-15,19-28,33-34,40,44,49-52,58-59H,1,4,8-13,16-18,29-32,35-36H2,2H3. The van der Waals surface area contributed by atoms with Crippen LogP contribution in [0.25, 0.3) is 11.1 Å². The van der Waals surface area contributed by atoms with Crippen LogP contribution in [0, 0.1) is 23.6 Å². The molecule has 12 heteroatoms. The molecule has 66 heavy (non-hydrogen) atoms. The Morgan fingerprint density at radius 2 is 1.67 bits per heavy atom. The van der Waals surface area contributed by atoms with Gasteiger partial charge < -0.3 is 38.7 Å². The van der Waals surface area contributed by atoms with Crippen molar-refractivity contribution in [3.05, 3.63) is 138 Å². The van der Waals surface area contributed by atoms with Gasteiger partial charge in [0.15, 0.2) is 0 Å². The average molecular weight is 903 g/mol. The number of oxime groups is 1. The Hall–Kier alpha value is -5.53. The molecule has 2 aliphatic carbocycles. The van der Waals surface area contributed by atoms with Gasteiger partial charge in [-0.3, -0.25) is 4.90 Å². The van der Waals surface area contributed by atoms with Crippen molar-refractivity contribution in [3.8, 4) is 28.4 Å². The Bertz CT molecular complexity index is 2280. The monoisotopic (exact) mass is 902 g/mol. The lowest BCUT2D eigenvalue weighted by Gasteiger charge is -2.59. The van der Waals surface area contributed by atoms with Crippen LogP contribution < -0.4 is 9.47 Å². The number of unbranched alkanes of at least 4 members (excludes halogenated alkanes) is 2. The largest absolute Gasteiger partial charge is 0.459 e. The molecule has 4 aliphatic rings. The highest BCUT2D eigenvalue weighted by Crippen LogP contribution is 2.62. The van der Waals surface area contributed by atoms with Crippen LogP contribution in [0.15, 0.2) is 127 Å². The van der Waals surface area contributed by atoms with Crippen molar-refractivity contribution in [1.29, 1.82) is 0 Å². The summed E-state index contributed by atoms with van der Waals surface area (Å²) in [5.74, 6) is -0.750. The first-order valence-corrected chi connectivity index (χ1v) is 23.7. The first-order valence-electron chi connectivity index (χ1n) is 23.7. The zero-order chi connectivity index (χ0) is 45.9. The molecule has 0 aromatic heterocycles. The summed E-state index contributed by atoms with van der Waals surface area (Å²) in [7, 11) is 0. The van der Waals surface area contributed by atoms with E-state index in [9.17, 15) is 19.4 Å². The predicted octanol–water partition coefficient (Wildman–Crippen LogP) is 11.1. The topological polar surface area (TPSA) is 129 Å². The summed E-state index contributed by atoms with van der Waals surface area (Å²) in [6, 6.07) is 29.4. The smallest absolute Gasteiger partial charge is 0.410 e. The number of aliphatic hydroxyl groups is 2. The Balaban J connectivity index is 1.30. The Morgan fingerprint density at radius 1 is 0.924 bits per heavy atom. The van der Waals surface area contributed by atoms with Crippen molar-refractivity contribution < 1.29 is 47.9 Å². The summed E-state index contributed by atoms with van der Waals surface area (Å²) in [6.07, 6.45) is 10.1. The molecule has 0 spiro atoms. The number of rotatable bonds is 20. The van der Waals surface area contributed by atoms with Crippen molar-refractivity contribution in [1.82, 2.24) is 4.90 Å². The van der Waals surface area contributed by atoms with Gasteiger partial charge in [-0.05, 0) is 122 Å². The Morgan fingerprint density at radius 3 is 2.38 bits per heavy atom. The number of carbonyl (C=O) groups is 1. The van der Waals surface area contributed by atoms with Gasteiger partial charge in [-0.15, -0.1) is 6.58 Å². The highest BCUT2D eigenvalue weighted by atomic mass is 19.1. The molecule has 4 aromatic rings. The number of amides is 1. The van der Waals surface area contributed by atoms with Gasteiger partial charge in [-0.25, -0.2) is 9.18 Å². The lowest BCUT2D eigenvalue weighted by molar-refractivity contribution is -0.256. The summed E-state index contributed by atoms with van der Waals surface area (Å²) in [4.78, 5) is 22.4. The number of hydrogen-bond donors (Lipinski definition) is 2. The summed E-state index contributed by atoms with van der Waals surface area (Å²) >= 11 is 0. The summed E-state index contributed by atoms with van der Waals surface area (Å²) in [5, 5.41) is 25.0. The van der Waals surface area contributed by atoms with E-state index in [0.29, 0.717) is 54.4 Å². The molecule has 4 aromatic carbocycles. The maximum absolute atomic E-state index is 14.5. The first-order chi connectivity index (χ1) is 32.3. The van der Waals surface area contributed by atoms with Crippen LogP contribution in [0.5, 0.6) is 17.2 Å². The summed E-state index contributed by atoms with van der Waals surface area (Å²) in [5.41, 5.74) is 5.37. The van der Waals surface area contributed by atoms with E-state index in [4.69, 9.17) is 33.7 Å². The van der Waals surface area contributed by atoms with Crippen LogP contribution in [0.3, 0.4) is 0 Å². The zero-order valence-electron chi connectivity index (χ0n) is 37.9. The molecule has 7 unspecified atom stereocenters. The van der Waals surface area contributed by atoms with Gasteiger partial charge in [-0.2, -0.15) is 0 Å². The van der Waals surface area contributed by atoms with Gasteiger partial charge >= 0.3 is 6.09 Å². The molecule has 0 bridgehead atoms. The molecule has 11 nitrogen and oxygen atoms in total. The van der Waals surface area contributed by atoms with Gasteiger partial charge in [0, 0.05) is 44.1 Å². The fraction of sp³-hybridized carbons (Fsp3) is 0.444. The number of halogens is 1. The molecule has 2 fully saturated rings. The molecule has 0 radical (unpaired) electrons.